The van der Waals surface area contributed by atoms with E-state index in [1.807, 2.05) is 6.20 Å². The molecular weight excluding hydrogens is 462 g/mol. The number of phenols is 1. The SMILES string of the molecule is CC1CC[C@H]2OC3=C4[C@H](CCC3)CN(OC(=O)N[C@@H]3CON(Cc5ccccc5O)C3=O)C=CC42C1. The summed E-state index contributed by atoms with van der Waals surface area (Å²) in [6, 6.07) is 5.91. The van der Waals surface area contributed by atoms with Gasteiger partial charge in [-0.05, 0) is 49.7 Å². The maximum Gasteiger partial charge on any atom is 0.432 e. The van der Waals surface area contributed by atoms with E-state index in [9.17, 15) is 14.7 Å². The van der Waals surface area contributed by atoms with Crippen molar-refractivity contribution in [2.45, 2.75) is 64.1 Å². The lowest BCUT2D eigenvalue weighted by molar-refractivity contribution is -0.164. The average molecular weight is 496 g/mol. The molecule has 5 aliphatic rings. The van der Waals surface area contributed by atoms with Crippen molar-refractivity contribution < 1.29 is 29.1 Å². The van der Waals surface area contributed by atoms with Gasteiger partial charge in [0.25, 0.3) is 5.91 Å². The molecule has 1 spiro atoms. The third-order valence-electron chi connectivity index (χ3n) is 8.31. The summed E-state index contributed by atoms with van der Waals surface area (Å²) in [5, 5.41) is 15.4. The second-order valence-electron chi connectivity index (χ2n) is 10.7. The fourth-order valence-electron chi connectivity index (χ4n) is 6.68. The summed E-state index contributed by atoms with van der Waals surface area (Å²) >= 11 is 0. The number of hydrogen-bond acceptors (Lipinski definition) is 7. The molecule has 2 fully saturated rings. The van der Waals surface area contributed by atoms with E-state index in [0.29, 0.717) is 18.0 Å². The molecule has 2 aliphatic carbocycles. The van der Waals surface area contributed by atoms with Crippen LogP contribution in [0.3, 0.4) is 0 Å². The van der Waals surface area contributed by atoms with E-state index < -0.39 is 12.1 Å². The van der Waals surface area contributed by atoms with Crippen molar-refractivity contribution in [3.63, 3.8) is 0 Å². The van der Waals surface area contributed by atoms with Crippen LogP contribution in [0.2, 0.25) is 0 Å². The van der Waals surface area contributed by atoms with Gasteiger partial charge in [0, 0.05) is 24.1 Å². The predicted molar refractivity (Wildman–Crippen MR) is 129 cm³/mol. The highest BCUT2D eigenvalue weighted by atomic mass is 16.7. The molecule has 0 aromatic heterocycles. The molecule has 0 radical (unpaired) electrons. The highest BCUT2D eigenvalue weighted by Crippen LogP contribution is 2.59. The first-order valence-corrected chi connectivity index (χ1v) is 13.0. The summed E-state index contributed by atoms with van der Waals surface area (Å²) in [6.45, 7) is 2.99. The Morgan fingerprint density at radius 3 is 3.00 bits per heavy atom. The molecule has 1 saturated carbocycles. The highest BCUT2D eigenvalue weighted by Gasteiger charge is 2.55. The number of benzene rings is 1. The Labute approximate surface area is 210 Å². The van der Waals surface area contributed by atoms with Gasteiger partial charge in [0.15, 0.2) is 0 Å². The minimum Gasteiger partial charge on any atom is -0.508 e. The van der Waals surface area contributed by atoms with Crippen molar-refractivity contribution in [2.75, 3.05) is 13.2 Å². The summed E-state index contributed by atoms with van der Waals surface area (Å²) < 4.78 is 6.47. The van der Waals surface area contributed by atoms with Gasteiger partial charge < -0.3 is 20.0 Å². The van der Waals surface area contributed by atoms with E-state index >= 15 is 0 Å². The second kappa shape index (κ2) is 9.03. The smallest absolute Gasteiger partial charge is 0.432 e. The van der Waals surface area contributed by atoms with E-state index in [0.717, 1.165) is 37.2 Å². The Morgan fingerprint density at radius 2 is 2.14 bits per heavy atom. The third kappa shape index (κ3) is 3.99. The van der Waals surface area contributed by atoms with Crippen LogP contribution in [0.1, 0.15) is 51.0 Å². The number of aromatic hydroxyl groups is 1. The van der Waals surface area contributed by atoms with Crippen molar-refractivity contribution >= 4 is 12.0 Å². The molecule has 2 N–H and O–H groups in total. The maximum absolute atomic E-state index is 12.8. The molecule has 9 heteroatoms. The van der Waals surface area contributed by atoms with Gasteiger partial charge in [0.1, 0.15) is 24.5 Å². The fraction of sp³-hybridized carbons (Fsp3) is 0.556. The van der Waals surface area contributed by atoms with Crippen molar-refractivity contribution in [2.24, 2.45) is 17.3 Å². The molecule has 3 heterocycles. The minimum atomic E-state index is -0.849. The van der Waals surface area contributed by atoms with Crippen molar-refractivity contribution in [1.82, 2.24) is 15.4 Å². The van der Waals surface area contributed by atoms with Crippen LogP contribution < -0.4 is 5.32 Å². The van der Waals surface area contributed by atoms with E-state index in [2.05, 4.69) is 18.3 Å². The molecular formula is C27H33N3O6. The number of carbonyl (C=O) groups excluding carboxylic acids is 2. The van der Waals surface area contributed by atoms with Crippen LogP contribution in [0.25, 0.3) is 0 Å². The molecule has 3 aliphatic heterocycles. The van der Waals surface area contributed by atoms with Crippen LogP contribution in [0.5, 0.6) is 5.75 Å². The van der Waals surface area contributed by atoms with Crippen LogP contribution in [0.15, 0.2) is 47.9 Å². The zero-order valence-corrected chi connectivity index (χ0v) is 20.5. The van der Waals surface area contributed by atoms with Crippen LogP contribution in [0.4, 0.5) is 4.79 Å². The molecule has 5 atom stereocenters. The first-order valence-electron chi connectivity index (χ1n) is 13.0. The molecule has 9 nitrogen and oxygen atoms in total. The first kappa shape index (κ1) is 23.2. The van der Waals surface area contributed by atoms with Crippen molar-refractivity contribution in [3.8, 4) is 5.75 Å². The molecule has 192 valence electrons. The zero-order chi connectivity index (χ0) is 24.9. The summed E-state index contributed by atoms with van der Waals surface area (Å²) in [4.78, 5) is 36.7. The summed E-state index contributed by atoms with van der Waals surface area (Å²) in [5.74, 6) is 1.77. The van der Waals surface area contributed by atoms with Gasteiger partial charge in [0.05, 0.1) is 24.3 Å². The molecule has 6 rings (SSSR count). The molecule has 0 bridgehead atoms. The maximum atomic E-state index is 12.8. The standard InChI is InChI=1S/C27H33N3O6/c1-17-9-10-23-27(13-17)11-12-29(14-19-6-4-8-22(35-23)24(19)27)36-26(33)28-20-16-34-30(25(20)32)15-18-5-2-3-7-21(18)31/h2-3,5,7,11-12,17,19-20,23,31H,4,6,8-10,13-16H2,1H3,(H,28,33)/t17?,19-,20-,23-,27?/m1/s1. The Morgan fingerprint density at radius 1 is 1.28 bits per heavy atom. The fourth-order valence-corrected chi connectivity index (χ4v) is 6.68. The number of ether oxygens (including phenoxy) is 1. The number of hydrogen-bond donors (Lipinski definition) is 2. The molecule has 36 heavy (non-hydrogen) atoms. The van der Waals surface area contributed by atoms with Gasteiger partial charge >= 0.3 is 6.09 Å². The van der Waals surface area contributed by atoms with E-state index in [1.54, 1.807) is 29.3 Å². The number of nitrogens with zero attached hydrogens (tertiary/aromatic N) is 2. The molecule has 1 saturated heterocycles. The van der Waals surface area contributed by atoms with Gasteiger partial charge in [-0.25, -0.2) is 14.9 Å². The highest BCUT2D eigenvalue weighted by molar-refractivity contribution is 5.86. The monoisotopic (exact) mass is 495 g/mol. The van der Waals surface area contributed by atoms with Crippen molar-refractivity contribution in [3.05, 3.63) is 53.4 Å². The van der Waals surface area contributed by atoms with Gasteiger partial charge in [-0.2, -0.15) is 0 Å². The summed E-state index contributed by atoms with van der Waals surface area (Å²) in [5.41, 5.74) is 1.88. The summed E-state index contributed by atoms with van der Waals surface area (Å²) in [7, 11) is 0. The lowest BCUT2D eigenvalue weighted by Crippen LogP contribution is -2.44. The number of rotatable bonds is 4. The third-order valence-corrected chi connectivity index (χ3v) is 8.31. The lowest BCUT2D eigenvalue weighted by atomic mass is 9.61. The Hall–Kier alpha value is -3.20. The molecule has 2 unspecified atom stereocenters. The van der Waals surface area contributed by atoms with Crippen LogP contribution in [0, 0.1) is 17.3 Å². The Kier molecular flexibility index (Phi) is 5.82. The quantitative estimate of drug-likeness (QED) is 0.656. The van der Waals surface area contributed by atoms with Gasteiger partial charge in [0.2, 0.25) is 0 Å². The number of hydroxylamine groups is 4. The molecule has 2 amide bonds. The lowest BCUT2D eigenvalue weighted by Gasteiger charge is -2.41. The first-order chi connectivity index (χ1) is 17.4. The van der Waals surface area contributed by atoms with Crippen LogP contribution >= 0.6 is 0 Å². The second-order valence-corrected chi connectivity index (χ2v) is 10.7. The normalized spacial score (nSPS) is 33.1. The van der Waals surface area contributed by atoms with Crippen molar-refractivity contribution in [1.29, 1.82) is 0 Å². The number of amides is 2. The summed E-state index contributed by atoms with van der Waals surface area (Å²) in [6.07, 6.45) is 9.97. The number of carbonyl (C=O) groups is 2. The van der Waals surface area contributed by atoms with Gasteiger partial charge in [-0.1, -0.05) is 31.2 Å². The molecule has 1 aromatic rings. The van der Waals surface area contributed by atoms with E-state index in [4.69, 9.17) is 14.4 Å². The minimum absolute atomic E-state index is 0.0102. The van der Waals surface area contributed by atoms with E-state index in [1.165, 1.54) is 17.8 Å². The largest absolute Gasteiger partial charge is 0.508 e. The molecule has 1 aromatic carbocycles. The predicted octanol–water partition coefficient (Wildman–Crippen LogP) is 3.76. The number of nitrogens with one attached hydrogen (secondary N) is 1. The van der Waals surface area contributed by atoms with E-state index in [-0.39, 0.29) is 42.2 Å². The zero-order valence-electron chi connectivity index (χ0n) is 20.5. The number of allylic oxidation sites excluding steroid dienone is 1. The average Bonchev–Trinajstić information content (AvgIpc) is 3.31. The van der Waals surface area contributed by atoms with Crippen LogP contribution in [-0.4, -0.2) is 52.5 Å². The van der Waals surface area contributed by atoms with Gasteiger partial charge in [-0.15, -0.1) is 0 Å². The Bertz CT molecular complexity index is 1120. The number of para-hydroxylation sites is 1. The van der Waals surface area contributed by atoms with Gasteiger partial charge in [-0.3, -0.25) is 9.63 Å². The number of phenolic OH excluding ortho intramolecular Hbond substituents is 1. The topological polar surface area (TPSA) is 101 Å². The Balaban J connectivity index is 1.11. The van der Waals surface area contributed by atoms with Crippen LogP contribution in [-0.2, 0) is 25.8 Å².